The summed E-state index contributed by atoms with van der Waals surface area (Å²) < 4.78 is 73.8. The summed E-state index contributed by atoms with van der Waals surface area (Å²) in [6, 6.07) is 1.98. The molecule has 0 atom stereocenters. The fourth-order valence-electron chi connectivity index (χ4n) is 2.74. The van der Waals surface area contributed by atoms with Crippen LogP contribution in [0.1, 0.15) is 5.56 Å². The molecule has 0 bridgehead atoms. The number of benzene rings is 1. The zero-order chi connectivity index (χ0) is 22.8. The average Bonchev–Trinajstić information content (AvgIpc) is 3.09. The van der Waals surface area contributed by atoms with Crippen molar-refractivity contribution in [3.63, 3.8) is 0 Å². The van der Waals surface area contributed by atoms with Gasteiger partial charge in [-0.2, -0.15) is 13.2 Å². The van der Waals surface area contributed by atoms with Crippen molar-refractivity contribution in [1.29, 1.82) is 0 Å². The number of aromatic nitrogens is 2. The Balaban J connectivity index is 1.84. The molecule has 3 aromatic rings. The summed E-state index contributed by atoms with van der Waals surface area (Å²) in [5, 5.41) is 4.32. The van der Waals surface area contributed by atoms with E-state index in [-0.39, 0.29) is 11.3 Å². The second-order valence-electron chi connectivity index (χ2n) is 6.79. The standard InChI is InChI=1S/C19H18F5N5O2/c1-29(2)6-5-26-18(30)28-10-7-12(20)16(13(21)8-10)31-14-3-4-25-17-15(14)11(9-27-17)19(22,23)24/h3-4,7-9H,5-6H2,1-2H3,(H,25,27)(H2,26,28,30). The highest BCUT2D eigenvalue weighted by molar-refractivity contribution is 5.89. The van der Waals surface area contributed by atoms with Gasteiger partial charge in [-0.25, -0.2) is 18.6 Å². The molecule has 31 heavy (non-hydrogen) atoms. The van der Waals surface area contributed by atoms with Crippen molar-refractivity contribution in [3.05, 3.63) is 47.8 Å². The third-order valence-electron chi connectivity index (χ3n) is 4.15. The number of carbonyl (C=O) groups excluding carboxylic acids is 1. The Morgan fingerprint density at radius 3 is 2.52 bits per heavy atom. The summed E-state index contributed by atoms with van der Waals surface area (Å²) in [7, 11) is 3.62. The molecule has 0 spiro atoms. The van der Waals surface area contributed by atoms with Gasteiger partial charge in [-0.1, -0.05) is 0 Å². The number of alkyl halides is 3. The van der Waals surface area contributed by atoms with E-state index in [4.69, 9.17) is 4.74 Å². The molecule has 1 aromatic carbocycles. The molecule has 12 heteroatoms. The number of hydrogen-bond donors (Lipinski definition) is 3. The molecule has 0 aliphatic carbocycles. The Morgan fingerprint density at radius 2 is 1.90 bits per heavy atom. The lowest BCUT2D eigenvalue weighted by atomic mass is 10.2. The predicted molar refractivity (Wildman–Crippen MR) is 103 cm³/mol. The molecule has 2 amide bonds. The first-order valence-electron chi connectivity index (χ1n) is 8.96. The van der Waals surface area contributed by atoms with Crippen LogP contribution in [0.25, 0.3) is 11.0 Å². The number of aromatic amines is 1. The highest BCUT2D eigenvalue weighted by Gasteiger charge is 2.35. The number of anilines is 1. The summed E-state index contributed by atoms with van der Waals surface area (Å²) >= 11 is 0. The van der Waals surface area contributed by atoms with E-state index < -0.39 is 46.3 Å². The van der Waals surface area contributed by atoms with Gasteiger partial charge in [-0.05, 0) is 20.2 Å². The van der Waals surface area contributed by atoms with E-state index in [9.17, 15) is 26.7 Å². The molecule has 2 heterocycles. The van der Waals surface area contributed by atoms with Gasteiger partial charge in [0.1, 0.15) is 11.4 Å². The lowest BCUT2D eigenvalue weighted by Crippen LogP contribution is -2.34. The van der Waals surface area contributed by atoms with Crippen LogP contribution in [0.15, 0.2) is 30.6 Å². The second kappa shape index (κ2) is 8.76. The summed E-state index contributed by atoms with van der Waals surface area (Å²) in [6.45, 7) is 0.865. The van der Waals surface area contributed by atoms with Crippen molar-refractivity contribution < 1.29 is 31.5 Å². The van der Waals surface area contributed by atoms with Gasteiger partial charge in [-0.15, -0.1) is 0 Å². The van der Waals surface area contributed by atoms with Crippen molar-refractivity contribution in [2.24, 2.45) is 0 Å². The van der Waals surface area contributed by atoms with Gasteiger partial charge < -0.3 is 25.3 Å². The molecule has 0 aliphatic rings. The topological polar surface area (TPSA) is 82.3 Å². The van der Waals surface area contributed by atoms with E-state index >= 15 is 0 Å². The summed E-state index contributed by atoms with van der Waals surface area (Å²) in [5.74, 6) is -3.77. The number of hydrogen-bond acceptors (Lipinski definition) is 4. The molecule has 2 aromatic heterocycles. The first kappa shape index (κ1) is 22.3. The number of nitrogens with zero attached hydrogens (tertiary/aromatic N) is 2. The van der Waals surface area contributed by atoms with Gasteiger partial charge in [0.15, 0.2) is 17.4 Å². The lowest BCUT2D eigenvalue weighted by molar-refractivity contribution is -0.136. The summed E-state index contributed by atoms with van der Waals surface area (Å²) in [5.41, 5.74) is -1.43. The van der Waals surface area contributed by atoms with E-state index in [1.807, 2.05) is 19.0 Å². The number of halogens is 5. The minimum Gasteiger partial charge on any atom is -0.450 e. The molecule has 0 radical (unpaired) electrons. The number of urea groups is 1. The SMILES string of the molecule is CN(C)CCNC(=O)Nc1cc(F)c(Oc2ccnc3[nH]cc(C(F)(F)F)c23)c(F)c1. The number of ether oxygens (including phenoxy) is 1. The molecule has 3 N–H and O–H groups in total. The number of rotatable bonds is 6. The van der Waals surface area contributed by atoms with Crippen LogP contribution in [0.2, 0.25) is 0 Å². The zero-order valence-corrected chi connectivity index (χ0v) is 16.4. The Hall–Kier alpha value is -3.41. The number of likely N-dealkylation sites (N-methyl/N-ethyl adjacent to an activating group) is 1. The van der Waals surface area contributed by atoms with Crippen LogP contribution in [0, 0.1) is 11.6 Å². The molecular weight excluding hydrogens is 425 g/mol. The van der Waals surface area contributed by atoms with E-state index in [0.29, 0.717) is 19.3 Å². The van der Waals surface area contributed by atoms with Crippen LogP contribution in [0.3, 0.4) is 0 Å². The third-order valence-corrected chi connectivity index (χ3v) is 4.15. The number of pyridine rings is 1. The minimum absolute atomic E-state index is 0.154. The normalized spacial score (nSPS) is 11.7. The van der Waals surface area contributed by atoms with Gasteiger partial charge in [0.2, 0.25) is 0 Å². The van der Waals surface area contributed by atoms with Crippen molar-refractivity contribution in [1.82, 2.24) is 20.2 Å². The number of fused-ring (bicyclic) bond motifs is 1. The van der Waals surface area contributed by atoms with Crippen molar-refractivity contribution in [3.8, 4) is 11.5 Å². The molecule has 0 saturated heterocycles. The Morgan fingerprint density at radius 1 is 1.23 bits per heavy atom. The lowest BCUT2D eigenvalue weighted by Gasteiger charge is -2.13. The number of H-pyrrole nitrogens is 1. The highest BCUT2D eigenvalue weighted by Crippen LogP contribution is 2.40. The van der Waals surface area contributed by atoms with Crippen LogP contribution in [0.4, 0.5) is 32.4 Å². The van der Waals surface area contributed by atoms with Crippen LogP contribution < -0.4 is 15.4 Å². The Bertz CT molecular complexity index is 1070. The molecule has 0 unspecified atom stereocenters. The largest absolute Gasteiger partial charge is 0.450 e. The van der Waals surface area contributed by atoms with E-state index in [1.54, 1.807) is 0 Å². The monoisotopic (exact) mass is 443 g/mol. The summed E-state index contributed by atoms with van der Waals surface area (Å²) in [4.78, 5) is 19.7. The van der Waals surface area contributed by atoms with Crippen LogP contribution >= 0.6 is 0 Å². The number of amides is 2. The zero-order valence-electron chi connectivity index (χ0n) is 16.4. The van der Waals surface area contributed by atoms with Crippen molar-refractivity contribution in [2.45, 2.75) is 6.18 Å². The Labute approximate surface area is 173 Å². The molecular formula is C19H18F5N5O2. The molecule has 3 rings (SSSR count). The fourth-order valence-corrected chi connectivity index (χ4v) is 2.74. The predicted octanol–water partition coefficient (Wildman–Crippen LogP) is 4.34. The number of carbonyl (C=O) groups is 1. The van der Waals surface area contributed by atoms with Crippen molar-refractivity contribution >= 4 is 22.8 Å². The van der Waals surface area contributed by atoms with Crippen LogP contribution in [-0.2, 0) is 6.18 Å². The molecule has 0 aliphatic heterocycles. The van der Waals surface area contributed by atoms with Crippen LogP contribution in [-0.4, -0.2) is 48.1 Å². The maximum Gasteiger partial charge on any atom is 0.418 e. The van der Waals surface area contributed by atoms with Gasteiger partial charge in [0, 0.05) is 43.3 Å². The summed E-state index contributed by atoms with van der Waals surface area (Å²) in [6.07, 6.45) is -2.90. The highest BCUT2D eigenvalue weighted by atomic mass is 19.4. The van der Waals surface area contributed by atoms with Gasteiger partial charge in [0.25, 0.3) is 0 Å². The van der Waals surface area contributed by atoms with Crippen LogP contribution in [0.5, 0.6) is 11.5 Å². The number of nitrogens with one attached hydrogen (secondary N) is 3. The molecule has 7 nitrogen and oxygen atoms in total. The van der Waals surface area contributed by atoms with Gasteiger partial charge in [0.05, 0.1) is 10.9 Å². The first-order valence-corrected chi connectivity index (χ1v) is 8.96. The molecule has 166 valence electrons. The van der Waals surface area contributed by atoms with Crippen molar-refractivity contribution in [2.75, 3.05) is 32.5 Å². The second-order valence-corrected chi connectivity index (χ2v) is 6.79. The van der Waals surface area contributed by atoms with E-state index in [0.717, 1.165) is 24.4 Å². The fraction of sp³-hybridized carbons (Fsp3) is 0.263. The quantitative estimate of drug-likeness (QED) is 0.495. The van der Waals surface area contributed by atoms with Gasteiger partial charge >= 0.3 is 12.2 Å². The minimum atomic E-state index is -4.73. The van der Waals surface area contributed by atoms with E-state index in [1.165, 1.54) is 0 Å². The average molecular weight is 443 g/mol. The third kappa shape index (κ3) is 5.20. The van der Waals surface area contributed by atoms with Gasteiger partial charge in [-0.3, -0.25) is 0 Å². The van der Waals surface area contributed by atoms with E-state index in [2.05, 4.69) is 20.6 Å². The first-order chi connectivity index (χ1) is 14.6. The maximum atomic E-state index is 14.5. The molecule has 0 saturated carbocycles. The molecule has 0 fully saturated rings. The maximum absolute atomic E-state index is 14.5. The Kier molecular flexibility index (Phi) is 6.29. The smallest absolute Gasteiger partial charge is 0.418 e.